The van der Waals surface area contributed by atoms with Gasteiger partial charge in [0, 0.05) is 24.8 Å². The van der Waals surface area contributed by atoms with Crippen molar-refractivity contribution in [3.8, 4) is 11.7 Å². The summed E-state index contributed by atoms with van der Waals surface area (Å²) >= 11 is 0. The SMILES string of the molecule is COc1ncc2cnn(C)c2c1NS(=O)(=O)c1cnn(-c2cc(C3(F)COC3)ccn2)c1. The van der Waals surface area contributed by atoms with Gasteiger partial charge in [-0.3, -0.25) is 9.40 Å². The van der Waals surface area contributed by atoms with E-state index in [-0.39, 0.29) is 35.5 Å². The van der Waals surface area contributed by atoms with Gasteiger partial charge < -0.3 is 9.47 Å². The highest BCUT2D eigenvalue weighted by Crippen LogP contribution is 2.35. The second-order valence-corrected chi connectivity index (χ2v) is 8.98. The average molecular weight is 459 g/mol. The van der Waals surface area contributed by atoms with Crippen LogP contribution in [-0.4, -0.2) is 58.3 Å². The van der Waals surface area contributed by atoms with Crippen LogP contribution in [-0.2, 0) is 27.5 Å². The average Bonchev–Trinajstić information content (AvgIpc) is 3.40. The molecule has 13 heteroatoms. The van der Waals surface area contributed by atoms with Gasteiger partial charge in [-0.1, -0.05) is 0 Å². The lowest BCUT2D eigenvalue weighted by atomic mass is 9.95. The number of sulfonamides is 1. The molecule has 1 saturated heterocycles. The highest BCUT2D eigenvalue weighted by atomic mass is 32.2. The van der Waals surface area contributed by atoms with Gasteiger partial charge in [-0.15, -0.1) is 0 Å². The first-order valence-corrected chi connectivity index (χ1v) is 10.9. The molecular formula is C19H18FN7O4S. The zero-order valence-electron chi connectivity index (χ0n) is 17.1. The van der Waals surface area contributed by atoms with Gasteiger partial charge in [-0.2, -0.15) is 10.2 Å². The van der Waals surface area contributed by atoms with Crippen LogP contribution < -0.4 is 9.46 Å². The largest absolute Gasteiger partial charge is 0.479 e. The monoisotopic (exact) mass is 459 g/mol. The van der Waals surface area contributed by atoms with Gasteiger partial charge in [-0.25, -0.2) is 27.5 Å². The van der Waals surface area contributed by atoms with E-state index in [1.807, 2.05) is 0 Å². The summed E-state index contributed by atoms with van der Waals surface area (Å²) in [5.74, 6) is 0.378. The van der Waals surface area contributed by atoms with Crippen molar-refractivity contribution in [1.29, 1.82) is 0 Å². The lowest BCUT2D eigenvalue weighted by molar-refractivity contribution is -0.135. The molecule has 166 valence electrons. The predicted molar refractivity (Wildman–Crippen MR) is 111 cm³/mol. The van der Waals surface area contributed by atoms with Crippen LogP contribution in [0.5, 0.6) is 5.88 Å². The van der Waals surface area contributed by atoms with Crippen LogP contribution in [0, 0.1) is 0 Å². The molecule has 11 nitrogen and oxygen atoms in total. The molecule has 1 fully saturated rings. The molecule has 0 atom stereocenters. The molecule has 1 N–H and O–H groups in total. The normalized spacial score (nSPS) is 15.5. The maximum Gasteiger partial charge on any atom is 0.265 e. The summed E-state index contributed by atoms with van der Waals surface area (Å²) in [6.07, 6.45) is 7.02. The second-order valence-electron chi connectivity index (χ2n) is 7.30. The van der Waals surface area contributed by atoms with Crippen molar-refractivity contribution in [1.82, 2.24) is 29.5 Å². The van der Waals surface area contributed by atoms with E-state index in [0.29, 0.717) is 16.5 Å². The standard InChI is InChI=1S/C19H18FN7O4S/c1-26-17-12(7-23-26)6-22-18(30-2)16(17)25-32(28,29)14-8-24-27(9-14)15-5-13(3-4-21-15)19(20)10-31-11-19/h3-9,25H,10-11H2,1-2H3. The highest BCUT2D eigenvalue weighted by Gasteiger charge is 2.41. The molecule has 0 aliphatic carbocycles. The molecule has 5 heterocycles. The maximum absolute atomic E-state index is 14.7. The van der Waals surface area contributed by atoms with E-state index < -0.39 is 15.7 Å². The summed E-state index contributed by atoms with van der Waals surface area (Å²) in [4.78, 5) is 8.19. The van der Waals surface area contributed by atoms with E-state index in [2.05, 4.69) is 24.9 Å². The molecule has 32 heavy (non-hydrogen) atoms. The van der Waals surface area contributed by atoms with Gasteiger partial charge in [0.1, 0.15) is 10.6 Å². The van der Waals surface area contributed by atoms with Gasteiger partial charge in [0.15, 0.2) is 11.5 Å². The number of nitrogens with zero attached hydrogens (tertiary/aromatic N) is 6. The smallest absolute Gasteiger partial charge is 0.265 e. The molecule has 0 saturated carbocycles. The Morgan fingerprint density at radius 2 is 2.03 bits per heavy atom. The molecule has 0 amide bonds. The van der Waals surface area contributed by atoms with Crippen molar-refractivity contribution in [2.45, 2.75) is 10.6 Å². The number of halogens is 1. The highest BCUT2D eigenvalue weighted by molar-refractivity contribution is 7.92. The van der Waals surface area contributed by atoms with Crippen LogP contribution in [0.15, 0.2) is 48.0 Å². The van der Waals surface area contributed by atoms with Crippen LogP contribution in [0.25, 0.3) is 16.7 Å². The van der Waals surface area contributed by atoms with Crippen LogP contribution in [0.3, 0.4) is 0 Å². The van der Waals surface area contributed by atoms with E-state index in [0.717, 1.165) is 0 Å². The van der Waals surface area contributed by atoms with Crippen molar-refractivity contribution in [3.63, 3.8) is 0 Å². The predicted octanol–water partition coefficient (Wildman–Crippen LogP) is 1.55. The maximum atomic E-state index is 14.7. The molecule has 0 spiro atoms. The fourth-order valence-corrected chi connectivity index (χ4v) is 4.42. The van der Waals surface area contributed by atoms with Gasteiger partial charge in [0.2, 0.25) is 5.88 Å². The number of aromatic nitrogens is 6. The zero-order valence-corrected chi connectivity index (χ0v) is 17.9. The summed E-state index contributed by atoms with van der Waals surface area (Å²) in [5.41, 5.74) is -0.516. The molecule has 0 unspecified atom stereocenters. The minimum atomic E-state index is -4.07. The van der Waals surface area contributed by atoms with Crippen LogP contribution >= 0.6 is 0 Å². The van der Waals surface area contributed by atoms with E-state index in [1.165, 1.54) is 41.1 Å². The van der Waals surface area contributed by atoms with Gasteiger partial charge in [-0.05, 0) is 17.7 Å². The van der Waals surface area contributed by atoms with Crippen molar-refractivity contribution in [2.24, 2.45) is 7.05 Å². The van der Waals surface area contributed by atoms with Crippen molar-refractivity contribution in [2.75, 3.05) is 25.0 Å². The fraction of sp³-hybridized carbons (Fsp3) is 0.263. The molecular weight excluding hydrogens is 441 g/mol. The van der Waals surface area contributed by atoms with E-state index >= 15 is 0 Å². The number of anilines is 1. The molecule has 4 aromatic rings. The first kappa shape index (κ1) is 20.3. The molecule has 0 radical (unpaired) electrons. The summed E-state index contributed by atoms with van der Waals surface area (Å²) < 4.78 is 56.4. The minimum Gasteiger partial charge on any atom is -0.479 e. The zero-order chi connectivity index (χ0) is 22.5. The van der Waals surface area contributed by atoms with Gasteiger partial charge >= 0.3 is 0 Å². The molecule has 4 aromatic heterocycles. The molecule has 5 rings (SSSR count). The number of fused-ring (bicyclic) bond motifs is 1. The number of hydrogen-bond donors (Lipinski definition) is 1. The van der Waals surface area contributed by atoms with Crippen LogP contribution in [0.4, 0.5) is 10.1 Å². The quantitative estimate of drug-likeness (QED) is 0.460. The molecule has 1 aliphatic rings. The van der Waals surface area contributed by atoms with E-state index in [4.69, 9.17) is 9.47 Å². The summed E-state index contributed by atoms with van der Waals surface area (Å²) in [6, 6.07) is 3.07. The fourth-order valence-electron chi connectivity index (χ4n) is 3.43. The number of alkyl halides is 1. The first-order chi connectivity index (χ1) is 15.3. The third-order valence-corrected chi connectivity index (χ3v) is 6.50. The van der Waals surface area contributed by atoms with E-state index in [1.54, 1.807) is 25.5 Å². The number of nitrogens with one attached hydrogen (secondary N) is 1. The Hall–Kier alpha value is -3.58. The Labute approximate surface area is 181 Å². The summed E-state index contributed by atoms with van der Waals surface area (Å²) in [6.45, 7) is -0.0664. The Morgan fingerprint density at radius 1 is 1.22 bits per heavy atom. The lowest BCUT2D eigenvalue weighted by Gasteiger charge is -2.34. The minimum absolute atomic E-state index is 0.0332. The topological polar surface area (TPSA) is 126 Å². The third-order valence-electron chi connectivity index (χ3n) is 5.20. The number of methoxy groups -OCH3 is 1. The Kier molecular flexibility index (Phi) is 4.60. The summed E-state index contributed by atoms with van der Waals surface area (Å²) in [7, 11) is -0.993. The molecule has 0 aromatic carbocycles. The van der Waals surface area contributed by atoms with E-state index in [9.17, 15) is 12.8 Å². The molecule has 0 bridgehead atoms. The Balaban J connectivity index is 1.49. The van der Waals surface area contributed by atoms with Crippen LogP contribution in [0.2, 0.25) is 0 Å². The van der Waals surface area contributed by atoms with Gasteiger partial charge in [0.25, 0.3) is 10.0 Å². The number of ether oxygens (including phenoxy) is 2. The summed E-state index contributed by atoms with van der Waals surface area (Å²) in [5, 5.41) is 8.87. The van der Waals surface area contributed by atoms with Crippen molar-refractivity contribution in [3.05, 3.63) is 48.7 Å². The Morgan fingerprint density at radius 3 is 2.75 bits per heavy atom. The van der Waals surface area contributed by atoms with Crippen molar-refractivity contribution < 1.29 is 22.3 Å². The second kappa shape index (κ2) is 7.24. The van der Waals surface area contributed by atoms with Gasteiger partial charge in [0.05, 0.1) is 44.4 Å². The van der Waals surface area contributed by atoms with Crippen LogP contribution in [0.1, 0.15) is 5.56 Å². The molecule has 1 aliphatic heterocycles. The third kappa shape index (κ3) is 3.26. The number of hydrogen-bond acceptors (Lipinski definition) is 8. The van der Waals surface area contributed by atoms with Crippen molar-refractivity contribution >= 4 is 26.6 Å². The lowest BCUT2D eigenvalue weighted by Crippen LogP contribution is -2.42. The number of aryl methyl sites for hydroxylation is 1. The number of rotatable bonds is 6. The Bertz CT molecular complexity index is 1430. The first-order valence-electron chi connectivity index (χ1n) is 9.46. The number of pyridine rings is 2.